The van der Waals surface area contributed by atoms with Crippen LogP contribution in [0.3, 0.4) is 0 Å². The summed E-state index contributed by atoms with van der Waals surface area (Å²) in [5, 5.41) is 11.6. The molecule has 17 heavy (non-hydrogen) atoms. The Labute approximate surface area is 91.9 Å². The molecule has 0 saturated carbocycles. The fourth-order valence-corrected chi connectivity index (χ4v) is 1.05. The van der Waals surface area contributed by atoms with Gasteiger partial charge in [0.2, 0.25) is 0 Å². The van der Waals surface area contributed by atoms with Crippen molar-refractivity contribution in [3.8, 4) is 0 Å². The summed E-state index contributed by atoms with van der Waals surface area (Å²) in [5.41, 5.74) is 3.12. The van der Waals surface area contributed by atoms with Crippen LogP contribution < -0.4 is 0 Å². The number of hydrogen-bond donors (Lipinski definition) is 1. The first kappa shape index (κ1) is 15.9. The molecular weight excluding hydrogens is 256 g/mol. The third kappa shape index (κ3) is 3.97. The lowest BCUT2D eigenvalue weighted by Crippen LogP contribution is -2.56. The lowest BCUT2D eigenvalue weighted by atomic mass is 9.95. The molecule has 100 valence electrons. The van der Waals surface area contributed by atoms with Gasteiger partial charge in [0.05, 0.1) is 0 Å². The molecule has 4 nitrogen and oxygen atoms in total. The Kier molecular flexibility index (Phi) is 5.09. The zero-order valence-corrected chi connectivity index (χ0v) is 8.39. The van der Waals surface area contributed by atoms with Crippen molar-refractivity contribution in [2.45, 2.75) is 37.2 Å². The number of nitrogens with zero attached hydrogens (tertiary/aromatic N) is 3. The van der Waals surface area contributed by atoms with Gasteiger partial charge in [-0.1, -0.05) is 5.11 Å². The molecule has 0 aliphatic heterocycles. The summed E-state index contributed by atoms with van der Waals surface area (Å²) in [6.07, 6.45) is -13.8. The molecule has 0 radical (unpaired) electrons. The topological polar surface area (TPSA) is 69.0 Å². The van der Waals surface area contributed by atoms with Crippen molar-refractivity contribution < 1.29 is 31.4 Å². The molecule has 0 unspecified atom stereocenters. The molecule has 0 aromatic carbocycles. The van der Waals surface area contributed by atoms with Gasteiger partial charge in [0.15, 0.2) is 0 Å². The normalized spacial score (nSPS) is 13.4. The maximum Gasteiger partial charge on any atom is 0.426 e. The molecule has 0 rings (SSSR count). The molecule has 10 heteroatoms. The standard InChI is InChI=1S/C7H9F6N3O/c8-6(9,10)5(17,7(11,12)13)3-1-2-4-15-16-14/h17H,1-4H2. The summed E-state index contributed by atoms with van der Waals surface area (Å²) in [6.45, 7) is -0.220. The van der Waals surface area contributed by atoms with E-state index in [1.807, 2.05) is 0 Å². The Morgan fingerprint density at radius 2 is 1.47 bits per heavy atom. The average Bonchev–Trinajstić information content (AvgIpc) is 2.13. The minimum absolute atomic E-state index is 0.168. The molecule has 0 fully saturated rings. The Hall–Kier alpha value is -1.15. The van der Waals surface area contributed by atoms with Crippen LogP contribution in [0.15, 0.2) is 5.11 Å². The Morgan fingerprint density at radius 3 is 1.82 bits per heavy atom. The van der Waals surface area contributed by atoms with Crippen molar-refractivity contribution in [1.29, 1.82) is 0 Å². The SMILES string of the molecule is [N-]=[N+]=NCCCCC(O)(C(F)(F)F)C(F)(F)F. The smallest absolute Gasteiger partial charge is 0.374 e. The highest BCUT2D eigenvalue weighted by Gasteiger charge is 2.69. The third-order valence-corrected chi connectivity index (χ3v) is 2.05. The van der Waals surface area contributed by atoms with Gasteiger partial charge in [0.25, 0.3) is 5.60 Å². The van der Waals surface area contributed by atoms with E-state index in [9.17, 15) is 26.3 Å². The molecule has 0 aromatic rings. The highest BCUT2D eigenvalue weighted by Crippen LogP contribution is 2.45. The van der Waals surface area contributed by atoms with E-state index in [2.05, 4.69) is 10.0 Å². The average molecular weight is 265 g/mol. The summed E-state index contributed by atoms with van der Waals surface area (Å²) >= 11 is 0. The van der Waals surface area contributed by atoms with Gasteiger partial charge >= 0.3 is 12.4 Å². The number of alkyl halides is 6. The fourth-order valence-electron chi connectivity index (χ4n) is 1.05. The van der Waals surface area contributed by atoms with Crippen LogP contribution in [0.1, 0.15) is 19.3 Å². The van der Waals surface area contributed by atoms with Gasteiger partial charge in [-0.15, -0.1) is 0 Å². The highest BCUT2D eigenvalue weighted by atomic mass is 19.4. The number of hydrogen-bond acceptors (Lipinski definition) is 2. The molecule has 0 aromatic heterocycles. The first-order valence-electron chi connectivity index (χ1n) is 4.43. The van der Waals surface area contributed by atoms with Crippen molar-refractivity contribution in [2.75, 3.05) is 6.54 Å². The number of rotatable bonds is 5. The minimum Gasteiger partial charge on any atom is -0.374 e. The minimum atomic E-state index is -5.79. The Bertz CT molecular complexity index is 279. The molecule has 0 spiro atoms. The molecular formula is C7H9F6N3O. The molecule has 0 bridgehead atoms. The van der Waals surface area contributed by atoms with E-state index in [0.29, 0.717) is 0 Å². The molecule has 0 saturated heterocycles. The fraction of sp³-hybridized carbons (Fsp3) is 1.00. The monoisotopic (exact) mass is 265 g/mol. The van der Waals surface area contributed by atoms with Crippen LogP contribution >= 0.6 is 0 Å². The molecule has 0 atom stereocenters. The van der Waals surface area contributed by atoms with Gasteiger partial charge in [-0.2, -0.15) is 26.3 Å². The largest absolute Gasteiger partial charge is 0.426 e. The van der Waals surface area contributed by atoms with Crippen LogP contribution in [0.25, 0.3) is 10.4 Å². The first-order valence-corrected chi connectivity index (χ1v) is 4.43. The second-order valence-corrected chi connectivity index (χ2v) is 3.27. The van der Waals surface area contributed by atoms with Crippen LogP contribution in [-0.4, -0.2) is 29.6 Å². The molecule has 1 N–H and O–H groups in total. The maximum absolute atomic E-state index is 12.1. The van der Waals surface area contributed by atoms with E-state index in [1.54, 1.807) is 0 Å². The van der Waals surface area contributed by atoms with Crippen LogP contribution in [0.5, 0.6) is 0 Å². The van der Waals surface area contributed by atoms with Crippen molar-refractivity contribution >= 4 is 0 Å². The zero-order chi connectivity index (χ0) is 13.7. The van der Waals surface area contributed by atoms with E-state index in [-0.39, 0.29) is 13.0 Å². The van der Waals surface area contributed by atoms with Crippen molar-refractivity contribution in [2.24, 2.45) is 5.11 Å². The molecule has 0 aliphatic rings. The highest BCUT2D eigenvalue weighted by molar-refractivity contribution is 4.93. The van der Waals surface area contributed by atoms with E-state index in [1.165, 1.54) is 0 Å². The second-order valence-electron chi connectivity index (χ2n) is 3.27. The van der Waals surface area contributed by atoms with Gasteiger partial charge in [-0.05, 0) is 24.8 Å². The van der Waals surface area contributed by atoms with Gasteiger partial charge in [-0.3, -0.25) is 0 Å². The maximum atomic E-state index is 12.1. The van der Waals surface area contributed by atoms with Gasteiger partial charge in [0, 0.05) is 11.5 Å². The Balaban J connectivity index is 4.59. The van der Waals surface area contributed by atoms with Crippen LogP contribution in [0.2, 0.25) is 0 Å². The lowest BCUT2D eigenvalue weighted by molar-refractivity contribution is -0.370. The molecule has 0 amide bonds. The Morgan fingerprint density at radius 1 is 1.00 bits per heavy atom. The summed E-state index contributed by atoms with van der Waals surface area (Å²) < 4.78 is 72.7. The predicted octanol–water partition coefficient (Wildman–Crippen LogP) is 3.32. The number of aliphatic hydroxyl groups is 1. The quantitative estimate of drug-likeness (QED) is 0.267. The van der Waals surface area contributed by atoms with Crippen molar-refractivity contribution in [3.05, 3.63) is 10.4 Å². The van der Waals surface area contributed by atoms with E-state index >= 15 is 0 Å². The first-order chi connectivity index (χ1) is 7.56. The van der Waals surface area contributed by atoms with Gasteiger partial charge in [0.1, 0.15) is 0 Å². The van der Waals surface area contributed by atoms with E-state index in [0.717, 1.165) is 0 Å². The number of unbranched alkanes of at least 4 members (excludes halogenated alkanes) is 1. The second kappa shape index (κ2) is 5.46. The van der Waals surface area contributed by atoms with Crippen LogP contribution in [0, 0.1) is 0 Å². The summed E-state index contributed by atoms with van der Waals surface area (Å²) in [4.78, 5) is 2.29. The van der Waals surface area contributed by atoms with Crippen molar-refractivity contribution in [1.82, 2.24) is 0 Å². The summed E-state index contributed by atoms with van der Waals surface area (Å²) in [6, 6.07) is 0. The van der Waals surface area contributed by atoms with Crippen LogP contribution in [-0.2, 0) is 0 Å². The van der Waals surface area contributed by atoms with Gasteiger partial charge in [-0.25, -0.2) is 0 Å². The summed E-state index contributed by atoms with van der Waals surface area (Å²) in [7, 11) is 0. The predicted molar refractivity (Wildman–Crippen MR) is 44.9 cm³/mol. The molecule has 0 aliphatic carbocycles. The lowest BCUT2D eigenvalue weighted by Gasteiger charge is -2.32. The number of halogens is 6. The van der Waals surface area contributed by atoms with Crippen LogP contribution in [0.4, 0.5) is 26.3 Å². The van der Waals surface area contributed by atoms with Crippen molar-refractivity contribution in [3.63, 3.8) is 0 Å². The van der Waals surface area contributed by atoms with E-state index < -0.39 is 30.8 Å². The third-order valence-electron chi connectivity index (χ3n) is 2.05. The summed E-state index contributed by atoms with van der Waals surface area (Å²) in [5.74, 6) is 0. The number of azide groups is 1. The van der Waals surface area contributed by atoms with Gasteiger partial charge < -0.3 is 5.11 Å². The molecule has 0 heterocycles. The van der Waals surface area contributed by atoms with E-state index in [4.69, 9.17) is 10.6 Å². The zero-order valence-electron chi connectivity index (χ0n) is 8.39.